The number of nitrogens with zero attached hydrogens (tertiary/aromatic N) is 2. The van der Waals surface area contributed by atoms with Gasteiger partial charge in [-0.15, -0.1) is 0 Å². The number of fused-ring (bicyclic) bond motifs is 6. The van der Waals surface area contributed by atoms with E-state index in [1.54, 1.807) is 6.20 Å². The largest absolute Gasteiger partial charge is 0.456 e. The quantitative estimate of drug-likeness (QED) is 0.217. The normalized spacial score (nSPS) is 15.0. The van der Waals surface area contributed by atoms with Crippen molar-refractivity contribution in [2.45, 2.75) is 19.4 Å². The average Bonchev–Trinajstić information content (AvgIpc) is 3.13. The molecule has 3 aromatic carbocycles. The van der Waals surface area contributed by atoms with Gasteiger partial charge in [0, 0.05) is 78.3 Å². The molecule has 9 heteroatoms. The lowest BCUT2D eigenvalue weighted by Crippen LogP contribution is -2.49. The minimum Gasteiger partial charge on any atom is -0.456 e. The molecule has 0 aliphatic carbocycles. The van der Waals surface area contributed by atoms with Crippen LogP contribution in [-0.4, -0.2) is 48.5 Å². The molecule has 1 amide bonds. The zero-order chi connectivity index (χ0) is 26.9. The monoisotopic (exact) mass is 513 g/mol. The predicted molar refractivity (Wildman–Crippen MR) is 151 cm³/mol. The molecule has 5 rings (SSSR count). The molecule has 1 spiro atoms. The fourth-order valence-electron chi connectivity index (χ4n) is 5.55. The minimum absolute atomic E-state index is 0.107. The van der Waals surface area contributed by atoms with Crippen molar-refractivity contribution in [3.05, 3.63) is 94.8 Å². The van der Waals surface area contributed by atoms with Gasteiger partial charge in [0.05, 0.1) is 6.54 Å². The summed E-state index contributed by atoms with van der Waals surface area (Å²) in [6.45, 7) is 6.64. The highest BCUT2D eigenvalue weighted by Gasteiger charge is 2.56. The maximum absolute atomic E-state index is 14.1. The third-order valence-electron chi connectivity index (χ3n) is 6.98. The first-order valence-electron chi connectivity index (χ1n) is 13.0. The van der Waals surface area contributed by atoms with Gasteiger partial charge in [-0.3, -0.25) is 4.79 Å². The van der Waals surface area contributed by atoms with E-state index < -0.39 is 5.54 Å². The van der Waals surface area contributed by atoms with Gasteiger partial charge in [-0.2, -0.15) is 0 Å². The van der Waals surface area contributed by atoms with Crippen LogP contribution < -0.4 is 32.7 Å². The summed E-state index contributed by atoms with van der Waals surface area (Å²) in [7, 11) is 0. The molecule has 2 heterocycles. The van der Waals surface area contributed by atoms with E-state index in [0.717, 1.165) is 41.2 Å². The number of hydrogen-bond donors (Lipinski definition) is 5. The molecule has 0 unspecified atom stereocenters. The van der Waals surface area contributed by atoms with E-state index in [1.165, 1.54) is 5.01 Å². The Hall–Kier alpha value is -4.21. The smallest absolute Gasteiger partial charge is 0.255 e. The van der Waals surface area contributed by atoms with Gasteiger partial charge in [0.25, 0.3) is 5.91 Å². The third-order valence-corrected chi connectivity index (χ3v) is 6.98. The maximum atomic E-state index is 14.1. The molecule has 0 bridgehead atoms. The van der Waals surface area contributed by atoms with Gasteiger partial charge in [-0.25, -0.2) is 5.84 Å². The second kappa shape index (κ2) is 10.3. The van der Waals surface area contributed by atoms with Crippen molar-refractivity contribution in [2.24, 2.45) is 17.3 Å². The van der Waals surface area contributed by atoms with Crippen LogP contribution in [0.5, 0.6) is 11.5 Å². The zero-order valence-corrected chi connectivity index (χ0v) is 21.8. The molecule has 198 valence electrons. The van der Waals surface area contributed by atoms with E-state index in [9.17, 15) is 4.79 Å². The van der Waals surface area contributed by atoms with E-state index in [4.69, 9.17) is 22.0 Å². The second-order valence-electron chi connectivity index (χ2n) is 9.46. The van der Waals surface area contributed by atoms with Gasteiger partial charge in [0.2, 0.25) is 0 Å². The van der Waals surface area contributed by atoms with E-state index in [0.29, 0.717) is 35.8 Å². The number of carbonyl (C=O) groups is 1. The highest BCUT2D eigenvalue weighted by Crippen LogP contribution is 2.58. The zero-order valence-electron chi connectivity index (χ0n) is 21.8. The first kappa shape index (κ1) is 25.4. The number of anilines is 2. The summed E-state index contributed by atoms with van der Waals surface area (Å²) in [5.41, 5.74) is 16.8. The van der Waals surface area contributed by atoms with Crippen LogP contribution in [-0.2, 0) is 5.54 Å². The lowest BCUT2D eigenvalue weighted by Gasteiger charge is -2.44. The van der Waals surface area contributed by atoms with Crippen LogP contribution >= 0.6 is 0 Å². The van der Waals surface area contributed by atoms with Gasteiger partial charge in [-0.05, 0) is 37.6 Å². The Bertz CT molecular complexity index is 1330. The maximum Gasteiger partial charge on any atom is 0.255 e. The highest BCUT2D eigenvalue weighted by atomic mass is 16.5. The molecule has 8 N–H and O–H groups in total. The molecular formula is C29H35N7O2. The number of ether oxygens (including phenoxy) is 1. The van der Waals surface area contributed by atoms with Crippen molar-refractivity contribution >= 4 is 17.3 Å². The summed E-state index contributed by atoms with van der Waals surface area (Å²) in [5, 5.41) is 8.18. The lowest BCUT2D eigenvalue weighted by atomic mass is 9.74. The fraction of sp³-hybridized carbons (Fsp3) is 0.276. The van der Waals surface area contributed by atoms with Crippen LogP contribution in [0.1, 0.15) is 40.9 Å². The van der Waals surface area contributed by atoms with Crippen LogP contribution in [0.3, 0.4) is 0 Å². The topological polar surface area (TPSA) is 135 Å². The van der Waals surface area contributed by atoms with Crippen LogP contribution in [0, 0.1) is 0 Å². The van der Waals surface area contributed by atoms with Gasteiger partial charge in [0.1, 0.15) is 17.0 Å². The average molecular weight is 514 g/mol. The van der Waals surface area contributed by atoms with E-state index in [-0.39, 0.29) is 12.5 Å². The molecule has 0 saturated heterocycles. The van der Waals surface area contributed by atoms with Crippen LogP contribution in [0.15, 0.2) is 72.6 Å². The molecule has 0 radical (unpaired) electrons. The van der Waals surface area contributed by atoms with Crippen molar-refractivity contribution in [3.8, 4) is 11.5 Å². The Kier molecular flexibility index (Phi) is 6.88. The summed E-state index contributed by atoms with van der Waals surface area (Å²) in [6, 6.07) is 19.9. The summed E-state index contributed by atoms with van der Waals surface area (Å²) in [4.78, 5) is 15.9. The number of benzene rings is 3. The Balaban J connectivity index is 1.76. The molecule has 3 aromatic rings. The second-order valence-corrected chi connectivity index (χ2v) is 9.46. The molecule has 0 saturated carbocycles. The molecule has 38 heavy (non-hydrogen) atoms. The van der Waals surface area contributed by atoms with Crippen molar-refractivity contribution in [1.82, 2.24) is 9.91 Å². The first-order chi connectivity index (χ1) is 18.4. The van der Waals surface area contributed by atoms with E-state index in [1.807, 2.05) is 79.4 Å². The van der Waals surface area contributed by atoms with Crippen molar-refractivity contribution in [3.63, 3.8) is 0 Å². The number of nitrogens with one attached hydrogen (secondary N) is 2. The predicted octanol–water partition coefficient (Wildman–Crippen LogP) is 3.34. The van der Waals surface area contributed by atoms with Gasteiger partial charge < -0.3 is 36.7 Å². The van der Waals surface area contributed by atoms with Crippen molar-refractivity contribution in [2.75, 3.05) is 43.4 Å². The minimum atomic E-state index is -0.947. The Labute approximate surface area is 223 Å². The molecule has 9 nitrogen and oxygen atoms in total. The molecule has 0 fully saturated rings. The van der Waals surface area contributed by atoms with Crippen LogP contribution in [0.25, 0.3) is 0 Å². The van der Waals surface area contributed by atoms with Crippen molar-refractivity contribution in [1.29, 1.82) is 0 Å². The highest BCUT2D eigenvalue weighted by molar-refractivity contribution is 6.02. The molecule has 0 aromatic heterocycles. The SMILES string of the molecule is CCNc1ccc2c(c1)Oc1cc(NCC)ccc1C21c2ccccc2C(=O)N1C/C(N)=C/N(N)CCN. The third kappa shape index (κ3) is 4.09. The Morgan fingerprint density at radius 1 is 0.974 bits per heavy atom. The van der Waals surface area contributed by atoms with Crippen LogP contribution in [0.2, 0.25) is 0 Å². The van der Waals surface area contributed by atoms with Gasteiger partial charge >= 0.3 is 0 Å². The van der Waals surface area contributed by atoms with E-state index in [2.05, 4.69) is 10.6 Å². The number of nitrogens with two attached hydrogens (primary N) is 3. The number of carbonyl (C=O) groups excluding carboxylic acids is 1. The molecule has 2 aliphatic rings. The summed E-state index contributed by atoms with van der Waals surface area (Å²) >= 11 is 0. The van der Waals surface area contributed by atoms with Crippen LogP contribution in [0.4, 0.5) is 11.4 Å². The summed E-state index contributed by atoms with van der Waals surface area (Å²) < 4.78 is 6.53. The summed E-state index contributed by atoms with van der Waals surface area (Å²) in [6.07, 6.45) is 1.64. The van der Waals surface area contributed by atoms with Gasteiger partial charge in [0.15, 0.2) is 0 Å². The first-order valence-corrected chi connectivity index (χ1v) is 13.0. The number of hydrazine groups is 1. The number of amides is 1. The summed E-state index contributed by atoms with van der Waals surface area (Å²) in [5.74, 6) is 7.32. The molecular weight excluding hydrogens is 478 g/mol. The Morgan fingerprint density at radius 3 is 2.16 bits per heavy atom. The fourth-order valence-corrected chi connectivity index (χ4v) is 5.55. The number of hydrogen-bond acceptors (Lipinski definition) is 8. The molecule has 0 atom stereocenters. The van der Waals surface area contributed by atoms with Gasteiger partial charge in [-0.1, -0.05) is 30.3 Å². The number of rotatable bonds is 9. The lowest BCUT2D eigenvalue weighted by molar-refractivity contribution is 0.0686. The van der Waals surface area contributed by atoms with Crippen molar-refractivity contribution < 1.29 is 9.53 Å². The standard InChI is InChI=1S/C29H35N7O2/c1-3-33-20-9-11-24-26(15-20)38-27-16-21(34-4-2)10-12-25(27)29(24)23-8-6-5-7-22(23)28(37)36(29)18-19(31)17-35(32)14-13-30/h5-12,15-17,33-34H,3-4,13-14,18,30-32H2,1-2H3/b19-17-. The molecule has 2 aliphatic heterocycles. The Morgan fingerprint density at radius 2 is 1.58 bits per heavy atom. The van der Waals surface area contributed by atoms with E-state index >= 15 is 0 Å².